The van der Waals surface area contributed by atoms with Gasteiger partial charge < -0.3 is 10.1 Å². The molecule has 1 aliphatic heterocycles. The lowest BCUT2D eigenvalue weighted by Gasteiger charge is -2.19. The Bertz CT molecular complexity index is 494. The van der Waals surface area contributed by atoms with Gasteiger partial charge in [-0.05, 0) is 17.7 Å². The highest BCUT2D eigenvalue weighted by Crippen LogP contribution is 2.29. The Hall–Kier alpha value is -1.98. The molecule has 0 saturated heterocycles. The third-order valence-electron chi connectivity index (χ3n) is 2.50. The van der Waals surface area contributed by atoms with Gasteiger partial charge in [-0.25, -0.2) is 0 Å². The molecule has 1 aromatic carbocycles. The summed E-state index contributed by atoms with van der Waals surface area (Å²) in [4.78, 5) is 10.7. The van der Waals surface area contributed by atoms with Crippen molar-refractivity contribution >= 4 is 11.5 Å². The second-order valence-electron chi connectivity index (χ2n) is 3.72. The predicted octanol–water partition coefficient (Wildman–Crippen LogP) is 2.14. The van der Waals surface area contributed by atoms with Crippen LogP contribution in [0.5, 0.6) is 5.75 Å². The molecular formula is C12H10F3NO2. The average molecular weight is 257 g/mol. The first kappa shape index (κ1) is 12.5. The number of amides is 1. The first-order valence-corrected chi connectivity index (χ1v) is 5.25. The van der Waals surface area contributed by atoms with E-state index in [1.807, 2.05) is 5.32 Å². The van der Waals surface area contributed by atoms with Gasteiger partial charge in [-0.15, -0.1) is 0 Å². The maximum atomic E-state index is 12.0. The van der Waals surface area contributed by atoms with Gasteiger partial charge in [0.1, 0.15) is 12.4 Å². The summed E-state index contributed by atoms with van der Waals surface area (Å²) in [6.45, 7) is 0.118. The van der Waals surface area contributed by atoms with Crippen molar-refractivity contribution in [2.75, 3.05) is 13.2 Å². The number of para-hydroxylation sites is 1. The third kappa shape index (κ3) is 2.64. The number of carbonyl (C=O) groups excluding carboxylic acids is 1. The van der Waals surface area contributed by atoms with Gasteiger partial charge in [-0.3, -0.25) is 4.79 Å². The molecule has 0 aliphatic carbocycles. The normalized spacial score (nSPS) is 14.3. The molecule has 18 heavy (non-hydrogen) atoms. The molecule has 1 N–H and O–H groups in total. The van der Waals surface area contributed by atoms with Crippen LogP contribution >= 0.6 is 0 Å². The number of carbonyl (C=O) groups is 1. The number of hydrogen-bond acceptors (Lipinski definition) is 2. The van der Waals surface area contributed by atoms with Crippen molar-refractivity contribution in [3.63, 3.8) is 0 Å². The van der Waals surface area contributed by atoms with Gasteiger partial charge in [0.05, 0.1) is 0 Å². The van der Waals surface area contributed by atoms with E-state index in [0.29, 0.717) is 16.9 Å². The highest BCUT2D eigenvalue weighted by atomic mass is 19.4. The Morgan fingerprint density at radius 3 is 2.78 bits per heavy atom. The van der Waals surface area contributed by atoms with E-state index in [1.165, 1.54) is 0 Å². The summed E-state index contributed by atoms with van der Waals surface area (Å²) in [6.07, 6.45) is -3.20. The van der Waals surface area contributed by atoms with Gasteiger partial charge in [-0.1, -0.05) is 18.2 Å². The molecule has 1 aromatic rings. The molecule has 0 atom stereocenters. The fourth-order valence-corrected chi connectivity index (χ4v) is 1.64. The first-order chi connectivity index (χ1) is 8.48. The molecule has 0 unspecified atom stereocenters. The maximum absolute atomic E-state index is 12.0. The molecule has 1 amide bonds. The van der Waals surface area contributed by atoms with Crippen LogP contribution in [0.2, 0.25) is 0 Å². The van der Waals surface area contributed by atoms with Crippen LogP contribution in [0.1, 0.15) is 5.56 Å². The first-order valence-electron chi connectivity index (χ1n) is 5.25. The van der Waals surface area contributed by atoms with Crippen molar-refractivity contribution in [1.82, 2.24) is 5.32 Å². The Balaban J connectivity index is 2.07. The van der Waals surface area contributed by atoms with Crippen LogP contribution in [0.25, 0.3) is 5.57 Å². The lowest BCUT2D eigenvalue weighted by Crippen LogP contribution is -2.37. The molecule has 96 valence electrons. The summed E-state index contributed by atoms with van der Waals surface area (Å²) < 4.78 is 41.4. The topological polar surface area (TPSA) is 38.3 Å². The Kier molecular flexibility index (Phi) is 3.27. The number of fused-ring (bicyclic) bond motifs is 1. The van der Waals surface area contributed by atoms with Crippen LogP contribution in [-0.4, -0.2) is 25.2 Å². The van der Waals surface area contributed by atoms with Crippen LogP contribution in [0.4, 0.5) is 13.2 Å². The summed E-state index contributed by atoms with van der Waals surface area (Å²) >= 11 is 0. The average Bonchev–Trinajstić information content (AvgIpc) is 2.34. The van der Waals surface area contributed by atoms with Crippen LogP contribution in [-0.2, 0) is 4.79 Å². The summed E-state index contributed by atoms with van der Waals surface area (Å²) in [6, 6.07) is 7.00. The number of alkyl halides is 3. The number of rotatable bonds is 2. The lowest BCUT2D eigenvalue weighted by molar-refractivity contribution is -0.173. The Labute approximate surface area is 101 Å². The monoisotopic (exact) mass is 257 g/mol. The Morgan fingerprint density at radius 2 is 2.06 bits per heavy atom. The highest BCUT2D eigenvalue weighted by Gasteiger charge is 2.38. The molecule has 0 radical (unpaired) electrons. The fourth-order valence-electron chi connectivity index (χ4n) is 1.64. The van der Waals surface area contributed by atoms with E-state index in [4.69, 9.17) is 4.74 Å². The van der Waals surface area contributed by atoms with E-state index in [9.17, 15) is 18.0 Å². The molecular weight excluding hydrogens is 247 g/mol. The molecule has 1 aliphatic rings. The molecule has 3 nitrogen and oxygen atoms in total. The van der Waals surface area contributed by atoms with Crippen molar-refractivity contribution in [3.05, 3.63) is 35.9 Å². The number of benzene rings is 1. The molecule has 0 spiro atoms. The number of hydrogen-bond donors (Lipinski definition) is 1. The highest BCUT2D eigenvalue weighted by molar-refractivity contribution is 5.84. The second-order valence-corrected chi connectivity index (χ2v) is 3.72. The number of nitrogens with one attached hydrogen (secondary N) is 1. The number of ether oxygens (including phenoxy) is 1. The molecule has 0 fully saturated rings. The molecule has 0 aromatic heterocycles. The zero-order valence-electron chi connectivity index (χ0n) is 9.25. The zero-order chi connectivity index (χ0) is 13.2. The maximum Gasteiger partial charge on any atom is 0.471 e. The van der Waals surface area contributed by atoms with Crippen molar-refractivity contribution in [2.45, 2.75) is 6.18 Å². The van der Waals surface area contributed by atoms with E-state index >= 15 is 0 Å². The molecule has 2 rings (SSSR count). The van der Waals surface area contributed by atoms with Crippen LogP contribution in [0.3, 0.4) is 0 Å². The minimum atomic E-state index is -4.86. The third-order valence-corrected chi connectivity index (χ3v) is 2.50. The minimum Gasteiger partial charge on any atom is -0.489 e. The van der Waals surface area contributed by atoms with Gasteiger partial charge in [0, 0.05) is 12.1 Å². The van der Waals surface area contributed by atoms with Crippen LogP contribution in [0, 0.1) is 0 Å². The minimum absolute atomic E-state index is 0.168. The molecule has 1 heterocycles. The van der Waals surface area contributed by atoms with Gasteiger partial charge in [-0.2, -0.15) is 13.2 Å². The van der Waals surface area contributed by atoms with Gasteiger partial charge >= 0.3 is 12.1 Å². The van der Waals surface area contributed by atoms with Gasteiger partial charge in [0.15, 0.2) is 0 Å². The van der Waals surface area contributed by atoms with Crippen LogP contribution in [0.15, 0.2) is 30.3 Å². The van der Waals surface area contributed by atoms with E-state index in [2.05, 4.69) is 0 Å². The Morgan fingerprint density at radius 1 is 1.33 bits per heavy atom. The number of halogens is 3. The largest absolute Gasteiger partial charge is 0.489 e. The van der Waals surface area contributed by atoms with Crippen molar-refractivity contribution in [2.24, 2.45) is 0 Å². The van der Waals surface area contributed by atoms with Crippen LogP contribution < -0.4 is 10.1 Å². The van der Waals surface area contributed by atoms with Crippen molar-refractivity contribution < 1.29 is 22.7 Å². The van der Waals surface area contributed by atoms with E-state index in [1.54, 1.807) is 30.3 Å². The fraction of sp³-hybridized carbons (Fsp3) is 0.250. The lowest BCUT2D eigenvalue weighted by atomic mass is 10.0. The summed E-state index contributed by atoms with van der Waals surface area (Å²) in [5.41, 5.74) is 1.32. The van der Waals surface area contributed by atoms with E-state index in [-0.39, 0.29) is 13.2 Å². The molecule has 6 heteroatoms. The predicted molar refractivity (Wildman–Crippen MR) is 59.0 cm³/mol. The summed E-state index contributed by atoms with van der Waals surface area (Å²) in [5, 5.41) is 1.85. The SMILES string of the molecule is O=C(NCC1=CCOc2ccccc21)C(F)(F)F. The van der Waals surface area contributed by atoms with Gasteiger partial charge in [0.25, 0.3) is 0 Å². The summed E-state index contributed by atoms with van der Waals surface area (Å²) in [7, 11) is 0. The quantitative estimate of drug-likeness (QED) is 0.881. The van der Waals surface area contributed by atoms with E-state index in [0.717, 1.165) is 0 Å². The molecule has 0 saturated carbocycles. The van der Waals surface area contributed by atoms with E-state index < -0.39 is 12.1 Å². The van der Waals surface area contributed by atoms with Crippen molar-refractivity contribution in [1.29, 1.82) is 0 Å². The zero-order valence-corrected chi connectivity index (χ0v) is 9.25. The van der Waals surface area contributed by atoms with Gasteiger partial charge in [0.2, 0.25) is 0 Å². The summed E-state index contributed by atoms with van der Waals surface area (Å²) in [5.74, 6) is -1.33. The molecule has 0 bridgehead atoms. The second kappa shape index (κ2) is 4.72. The standard InChI is InChI=1S/C12H10F3NO2/c13-12(14,15)11(17)16-7-8-5-6-18-10-4-2-1-3-9(8)10/h1-5H,6-7H2,(H,16,17). The smallest absolute Gasteiger partial charge is 0.471 e. The van der Waals surface area contributed by atoms with Crippen molar-refractivity contribution in [3.8, 4) is 5.75 Å².